The fourth-order valence-corrected chi connectivity index (χ4v) is 1.82. The van der Waals surface area contributed by atoms with Crippen molar-refractivity contribution in [3.05, 3.63) is 29.3 Å². The number of rotatable bonds is 7. The zero-order valence-corrected chi connectivity index (χ0v) is 11.6. The molecule has 0 aromatic heterocycles. The monoisotopic (exact) mass is 251 g/mol. The van der Waals surface area contributed by atoms with Crippen LogP contribution >= 0.6 is 0 Å². The van der Waals surface area contributed by atoms with E-state index in [1.807, 2.05) is 20.2 Å². The van der Waals surface area contributed by atoms with E-state index < -0.39 is 0 Å². The first-order chi connectivity index (χ1) is 8.58. The molecular weight excluding hydrogens is 226 g/mol. The summed E-state index contributed by atoms with van der Waals surface area (Å²) in [6.45, 7) is 4.10. The fourth-order valence-electron chi connectivity index (χ4n) is 1.82. The molecule has 0 saturated heterocycles. The quantitative estimate of drug-likeness (QED) is 0.770. The van der Waals surface area contributed by atoms with Gasteiger partial charge in [0.2, 0.25) is 0 Å². The zero-order chi connectivity index (χ0) is 13.5. The maximum atomic E-state index is 6.05. The molecule has 4 heteroatoms. The number of nitrogens with zero attached hydrogens (tertiary/aromatic N) is 1. The molecule has 1 rings (SSSR count). The molecule has 0 saturated carbocycles. The van der Waals surface area contributed by atoms with E-state index in [4.69, 9.17) is 16.2 Å². The van der Waals surface area contributed by atoms with Gasteiger partial charge in [-0.15, -0.1) is 0 Å². The van der Waals surface area contributed by atoms with Crippen molar-refractivity contribution in [2.24, 2.45) is 11.5 Å². The molecule has 0 aliphatic carbocycles. The highest BCUT2D eigenvalue weighted by Crippen LogP contribution is 2.25. The molecule has 102 valence electrons. The second kappa shape index (κ2) is 7.36. The average Bonchev–Trinajstić information content (AvgIpc) is 2.35. The normalized spacial score (nSPS) is 12.8. The van der Waals surface area contributed by atoms with Gasteiger partial charge >= 0.3 is 0 Å². The van der Waals surface area contributed by atoms with E-state index in [-0.39, 0.29) is 6.04 Å². The van der Waals surface area contributed by atoms with Gasteiger partial charge in [-0.3, -0.25) is 0 Å². The van der Waals surface area contributed by atoms with E-state index >= 15 is 0 Å². The van der Waals surface area contributed by atoms with Crippen molar-refractivity contribution < 1.29 is 4.74 Å². The summed E-state index contributed by atoms with van der Waals surface area (Å²) >= 11 is 0. The highest BCUT2D eigenvalue weighted by atomic mass is 16.5. The summed E-state index contributed by atoms with van der Waals surface area (Å²) < 4.78 is 5.72. The maximum absolute atomic E-state index is 6.05. The van der Waals surface area contributed by atoms with Crippen LogP contribution in [0.2, 0.25) is 0 Å². The Morgan fingerprint density at radius 3 is 2.61 bits per heavy atom. The Morgan fingerprint density at radius 1 is 1.33 bits per heavy atom. The first-order valence-electron chi connectivity index (χ1n) is 6.44. The first kappa shape index (κ1) is 15.0. The standard InChI is InChI=1S/C14H25N3O/c1-4-7-18-14-6-5-11(10-17(2)3)8-12(14)13(16)9-15/h5-6,8,13H,4,7,9-10,15-16H2,1-3H3. The molecule has 4 nitrogen and oxygen atoms in total. The van der Waals surface area contributed by atoms with Crippen LogP contribution in [-0.4, -0.2) is 32.1 Å². The average molecular weight is 251 g/mol. The van der Waals surface area contributed by atoms with Gasteiger partial charge in [0.25, 0.3) is 0 Å². The highest BCUT2D eigenvalue weighted by molar-refractivity contribution is 5.39. The van der Waals surface area contributed by atoms with Crippen LogP contribution in [0.25, 0.3) is 0 Å². The predicted molar refractivity (Wildman–Crippen MR) is 75.6 cm³/mol. The molecule has 0 bridgehead atoms. The molecule has 1 aromatic rings. The van der Waals surface area contributed by atoms with Crippen LogP contribution < -0.4 is 16.2 Å². The van der Waals surface area contributed by atoms with Crippen LogP contribution in [0.3, 0.4) is 0 Å². The molecule has 1 atom stereocenters. The Morgan fingerprint density at radius 2 is 2.06 bits per heavy atom. The van der Waals surface area contributed by atoms with Gasteiger partial charge in [-0.1, -0.05) is 13.0 Å². The molecule has 1 unspecified atom stereocenters. The Bertz CT molecular complexity index is 366. The van der Waals surface area contributed by atoms with E-state index in [0.717, 1.165) is 24.3 Å². The van der Waals surface area contributed by atoms with Gasteiger partial charge in [0.05, 0.1) is 6.61 Å². The second-order valence-corrected chi connectivity index (χ2v) is 4.80. The van der Waals surface area contributed by atoms with Crippen LogP contribution in [0.15, 0.2) is 18.2 Å². The van der Waals surface area contributed by atoms with Crippen LogP contribution in [0.1, 0.15) is 30.5 Å². The van der Waals surface area contributed by atoms with Gasteiger partial charge in [-0.2, -0.15) is 0 Å². The van der Waals surface area contributed by atoms with Gasteiger partial charge in [-0.05, 0) is 38.2 Å². The third kappa shape index (κ3) is 4.29. The number of hydrogen-bond acceptors (Lipinski definition) is 4. The van der Waals surface area contributed by atoms with Gasteiger partial charge in [-0.25, -0.2) is 0 Å². The summed E-state index contributed by atoms with van der Waals surface area (Å²) in [6, 6.07) is 6.01. The third-order valence-corrected chi connectivity index (χ3v) is 2.69. The van der Waals surface area contributed by atoms with Gasteiger partial charge < -0.3 is 21.1 Å². The lowest BCUT2D eigenvalue weighted by Crippen LogP contribution is -2.22. The number of hydrogen-bond donors (Lipinski definition) is 2. The lowest BCUT2D eigenvalue weighted by molar-refractivity contribution is 0.312. The summed E-state index contributed by atoms with van der Waals surface area (Å²) in [4.78, 5) is 2.12. The molecule has 0 fully saturated rings. The molecule has 0 aliphatic heterocycles. The van der Waals surface area contributed by atoms with Gasteiger partial charge in [0.1, 0.15) is 5.75 Å². The molecule has 18 heavy (non-hydrogen) atoms. The summed E-state index contributed by atoms with van der Waals surface area (Å²) in [5, 5.41) is 0. The smallest absolute Gasteiger partial charge is 0.124 e. The van der Waals surface area contributed by atoms with Gasteiger partial charge in [0.15, 0.2) is 0 Å². The SMILES string of the molecule is CCCOc1ccc(CN(C)C)cc1C(N)CN. The van der Waals surface area contributed by atoms with Crippen molar-refractivity contribution in [3.63, 3.8) is 0 Å². The Hall–Kier alpha value is -1.10. The fraction of sp³-hybridized carbons (Fsp3) is 0.571. The topological polar surface area (TPSA) is 64.5 Å². The molecule has 0 radical (unpaired) electrons. The Kier molecular flexibility index (Phi) is 6.12. The second-order valence-electron chi connectivity index (χ2n) is 4.80. The van der Waals surface area contributed by atoms with Crippen LogP contribution in [0.5, 0.6) is 5.75 Å². The van der Waals surface area contributed by atoms with Crippen LogP contribution in [-0.2, 0) is 6.54 Å². The molecule has 4 N–H and O–H groups in total. The predicted octanol–water partition coefficient (Wildman–Crippen LogP) is 1.50. The molecule has 0 spiro atoms. The molecule has 0 heterocycles. The molecule has 0 aliphatic rings. The zero-order valence-electron chi connectivity index (χ0n) is 11.6. The maximum Gasteiger partial charge on any atom is 0.124 e. The minimum Gasteiger partial charge on any atom is -0.493 e. The summed E-state index contributed by atoms with van der Waals surface area (Å²) in [7, 11) is 4.09. The molecule has 0 amide bonds. The third-order valence-electron chi connectivity index (χ3n) is 2.69. The Balaban J connectivity index is 2.96. The highest BCUT2D eigenvalue weighted by Gasteiger charge is 2.12. The number of benzene rings is 1. The van der Waals surface area contributed by atoms with Crippen molar-refractivity contribution in [1.29, 1.82) is 0 Å². The summed E-state index contributed by atoms with van der Waals surface area (Å²) in [6.07, 6.45) is 0.983. The lowest BCUT2D eigenvalue weighted by Gasteiger charge is -2.18. The summed E-state index contributed by atoms with van der Waals surface area (Å²) in [5.74, 6) is 0.859. The number of nitrogens with two attached hydrogens (primary N) is 2. The van der Waals surface area contributed by atoms with Crippen molar-refractivity contribution >= 4 is 0 Å². The van der Waals surface area contributed by atoms with E-state index in [2.05, 4.69) is 24.0 Å². The number of ether oxygens (including phenoxy) is 1. The molecular formula is C14H25N3O. The van der Waals surface area contributed by atoms with E-state index in [1.54, 1.807) is 0 Å². The van der Waals surface area contributed by atoms with Crippen molar-refractivity contribution in [3.8, 4) is 5.75 Å². The van der Waals surface area contributed by atoms with Crippen molar-refractivity contribution in [1.82, 2.24) is 4.90 Å². The molecule has 1 aromatic carbocycles. The van der Waals surface area contributed by atoms with E-state index in [1.165, 1.54) is 5.56 Å². The minimum atomic E-state index is -0.168. The van der Waals surface area contributed by atoms with Crippen LogP contribution in [0, 0.1) is 0 Å². The van der Waals surface area contributed by atoms with Gasteiger partial charge in [0, 0.05) is 24.7 Å². The summed E-state index contributed by atoms with van der Waals surface area (Å²) in [5.41, 5.74) is 13.9. The van der Waals surface area contributed by atoms with E-state index in [0.29, 0.717) is 13.2 Å². The largest absolute Gasteiger partial charge is 0.493 e. The first-order valence-corrected chi connectivity index (χ1v) is 6.44. The van der Waals surface area contributed by atoms with Crippen molar-refractivity contribution in [2.45, 2.75) is 25.9 Å². The van der Waals surface area contributed by atoms with E-state index in [9.17, 15) is 0 Å². The Labute approximate surface area is 110 Å². The minimum absolute atomic E-state index is 0.168. The van der Waals surface area contributed by atoms with Crippen LogP contribution in [0.4, 0.5) is 0 Å². The van der Waals surface area contributed by atoms with Crippen molar-refractivity contribution in [2.75, 3.05) is 27.2 Å². The lowest BCUT2D eigenvalue weighted by atomic mass is 10.0.